The van der Waals surface area contributed by atoms with E-state index in [1.807, 2.05) is 0 Å². The van der Waals surface area contributed by atoms with Crippen LogP contribution in [0.25, 0.3) is 0 Å². The fourth-order valence-corrected chi connectivity index (χ4v) is 1.75. The molecule has 0 saturated carbocycles. The van der Waals surface area contributed by atoms with Gasteiger partial charge in [-0.1, -0.05) is 12.2 Å². The average molecular weight is 314 g/mol. The number of halogens is 5. The third-order valence-corrected chi connectivity index (χ3v) is 2.63. The first-order valence-corrected chi connectivity index (χ1v) is 5.78. The molecule has 0 aliphatic heterocycles. The maximum atomic E-state index is 13.8. The molecule has 3 nitrogen and oxygen atoms in total. The average Bonchev–Trinajstić information content (AvgIpc) is 2.30. The quantitative estimate of drug-likeness (QED) is 0.644. The predicted octanol–water partition coefficient (Wildman–Crippen LogP) is 1.96. The lowest BCUT2D eigenvalue weighted by atomic mass is 10.1. The highest BCUT2D eigenvalue weighted by Gasteiger charge is 2.32. The molecule has 0 amide bonds. The first kappa shape index (κ1) is 16.6. The Hall–Kier alpha value is -1.48. The van der Waals surface area contributed by atoms with E-state index in [1.165, 1.54) is 0 Å². The fourth-order valence-electron chi connectivity index (χ4n) is 1.60. The Bertz CT molecular complexity index is 506. The molecule has 3 N–H and O–H groups in total. The summed E-state index contributed by atoms with van der Waals surface area (Å²) in [6.07, 6.45) is -4.63. The highest BCUT2D eigenvalue weighted by Crippen LogP contribution is 2.27. The monoisotopic (exact) mass is 314 g/mol. The minimum absolute atomic E-state index is 0.391. The number of benzene rings is 1. The van der Waals surface area contributed by atoms with E-state index in [0.717, 1.165) is 12.1 Å². The summed E-state index contributed by atoms with van der Waals surface area (Å²) in [5.41, 5.74) is 4.15. The van der Waals surface area contributed by atoms with Crippen LogP contribution in [0, 0.1) is 11.6 Å². The molecule has 112 valence electrons. The summed E-state index contributed by atoms with van der Waals surface area (Å²) in [7, 11) is 0. The van der Waals surface area contributed by atoms with Crippen LogP contribution in [0.5, 0.6) is 0 Å². The van der Waals surface area contributed by atoms with Crippen LogP contribution < -0.4 is 10.6 Å². The van der Waals surface area contributed by atoms with Crippen molar-refractivity contribution < 1.29 is 27.1 Å². The molecule has 0 aromatic heterocycles. The van der Waals surface area contributed by atoms with E-state index >= 15 is 0 Å². The Balaban J connectivity index is 3.21. The highest BCUT2D eigenvalue weighted by molar-refractivity contribution is 7.80. The smallest absolute Gasteiger partial charge is 0.395 e. The zero-order valence-corrected chi connectivity index (χ0v) is 10.9. The summed E-state index contributed by atoms with van der Waals surface area (Å²) >= 11 is 4.49. The van der Waals surface area contributed by atoms with Gasteiger partial charge in [0.05, 0.1) is 12.3 Å². The summed E-state index contributed by atoms with van der Waals surface area (Å²) in [5.74, 6) is -2.91. The maximum absolute atomic E-state index is 13.8. The summed E-state index contributed by atoms with van der Waals surface area (Å²) < 4.78 is 64.5. The third-order valence-electron chi connectivity index (χ3n) is 2.41. The van der Waals surface area contributed by atoms with E-state index in [1.54, 1.807) is 0 Å². The van der Waals surface area contributed by atoms with E-state index in [9.17, 15) is 22.0 Å². The van der Waals surface area contributed by atoms with Crippen molar-refractivity contribution in [3.63, 3.8) is 0 Å². The van der Waals surface area contributed by atoms with Gasteiger partial charge in [-0.05, 0) is 12.1 Å². The van der Waals surface area contributed by atoms with Crippen molar-refractivity contribution in [2.45, 2.75) is 6.18 Å². The Morgan fingerprint density at radius 1 is 1.25 bits per heavy atom. The van der Waals surface area contributed by atoms with Gasteiger partial charge in [0.2, 0.25) is 0 Å². The number of thiocarbonyl (C=S) groups is 1. The van der Waals surface area contributed by atoms with Gasteiger partial charge in [0.1, 0.15) is 11.5 Å². The van der Waals surface area contributed by atoms with Gasteiger partial charge in [-0.3, -0.25) is 0 Å². The number of hydrogen-bond donors (Lipinski definition) is 2. The van der Waals surface area contributed by atoms with E-state index in [0.29, 0.717) is 4.90 Å². The van der Waals surface area contributed by atoms with E-state index in [2.05, 4.69) is 12.2 Å². The lowest BCUT2D eigenvalue weighted by Crippen LogP contribution is -2.37. The Labute approximate surface area is 116 Å². The second-order valence-electron chi connectivity index (χ2n) is 3.88. The molecule has 0 aliphatic rings. The SMILES string of the molecule is NC(=S)c1ccc(N(CCO)CC(F)(F)F)c(F)c1F. The van der Waals surface area contributed by atoms with Crippen LogP contribution in [0.2, 0.25) is 0 Å². The van der Waals surface area contributed by atoms with E-state index in [4.69, 9.17) is 10.8 Å². The normalized spacial score (nSPS) is 11.5. The van der Waals surface area contributed by atoms with Crippen LogP contribution in [0.15, 0.2) is 12.1 Å². The van der Waals surface area contributed by atoms with Gasteiger partial charge in [-0.25, -0.2) is 8.78 Å². The molecule has 1 aromatic rings. The Morgan fingerprint density at radius 3 is 2.30 bits per heavy atom. The van der Waals surface area contributed by atoms with Gasteiger partial charge in [0.25, 0.3) is 0 Å². The van der Waals surface area contributed by atoms with Crippen LogP contribution in [0.1, 0.15) is 5.56 Å². The summed E-state index contributed by atoms with van der Waals surface area (Å²) in [5, 5.41) is 8.73. The Kier molecular flexibility index (Phi) is 5.23. The van der Waals surface area contributed by atoms with Crippen molar-refractivity contribution in [2.24, 2.45) is 5.73 Å². The number of aliphatic hydroxyl groups is 1. The molecule has 0 unspecified atom stereocenters. The molecular formula is C11H11F5N2OS. The molecule has 0 radical (unpaired) electrons. The highest BCUT2D eigenvalue weighted by atomic mass is 32.1. The Morgan fingerprint density at radius 2 is 1.85 bits per heavy atom. The molecule has 1 rings (SSSR count). The molecular weight excluding hydrogens is 303 g/mol. The molecule has 0 fully saturated rings. The number of nitrogens with two attached hydrogens (primary N) is 1. The van der Waals surface area contributed by atoms with Gasteiger partial charge in [0.15, 0.2) is 11.6 Å². The van der Waals surface area contributed by atoms with Crippen molar-refractivity contribution >= 4 is 22.9 Å². The van der Waals surface area contributed by atoms with Crippen LogP contribution in [-0.2, 0) is 0 Å². The van der Waals surface area contributed by atoms with Crippen molar-refractivity contribution in [3.05, 3.63) is 29.3 Å². The zero-order chi connectivity index (χ0) is 15.5. The molecule has 1 aromatic carbocycles. The van der Waals surface area contributed by atoms with Crippen LogP contribution in [0.3, 0.4) is 0 Å². The lowest BCUT2D eigenvalue weighted by Gasteiger charge is -2.26. The molecule has 0 spiro atoms. The predicted molar refractivity (Wildman–Crippen MR) is 67.6 cm³/mol. The van der Waals surface area contributed by atoms with E-state index < -0.39 is 53.7 Å². The zero-order valence-electron chi connectivity index (χ0n) is 10.0. The molecule has 0 aliphatic carbocycles. The molecule has 0 saturated heterocycles. The maximum Gasteiger partial charge on any atom is 0.405 e. The van der Waals surface area contributed by atoms with Gasteiger partial charge < -0.3 is 15.7 Å². The number of aliphatic hydroxyl groups excluding tert-OH is 1. The van der Waals surface area contributed by atoms with Gasteiger partial charge >= 0.3 is 6.18 Å². The van der Waals surface area contributed by atoms with Crippen molar-refractivity contribution in [3.8, 4) is 0 Å². The van der Waals surface area contributed by atoms with Crippen LogP contribution in [0.4, 0.5) is 27.6 Å². The van der Waals surface area contributed by atoms with Crippen molar-refractivity contribution in [2.75, 3.05) is 24.6 Å². The second-order valence-corrected chi connectivity index (χ2v) is 4.32. The minimum Gasteiger partial charge on any atom is -0.395 e. The summed E-state index contributed by atoms with van der Waals surface area (Å²) in [6.45, 7) is -2.66. The largest absolute Gasteiger partial charge is 0.405 e. The van der Waals surface area contributed by atoms with Gasteiger partial charge in [-0.15, -0.1) is 0 Å². The van der Waals surface area contributed by atoms with Gasteiger partial charge in [0, 0.05) is 12.1 Å². The standard InChI is InChI=1S/C11H11F5N2OS/c12-8-6(10(17)20)1-2-7(9(8)13)18(3-4-19)5-11(14,15)16/h1-2,19H,3-5H2,(H2,17,20). The third kappa shape index (κ3) is 4.01. The lowest BCUT2D eigenvalue weighted by molar-refractivity contribution is -0.119. The fraction of sp³-hybridized carbons (Fsp3) is 0.364. The number of nitrogens with zero attached hydrogens (tertiary/aromatic N) is 1. The number of rotatable bonds is 5. The molecule has 0 heterocycles. The number of hydrogen-bond acceptors (Lipinski definition) is 3. The minimum atomic E-state index is -4.63. The molecule has 0 bridgehead atoms. The number of alkyl halides is 3. The van der Waals surface area contributed by atoms with Crippen LogP contribution >= 0.6 is 12.2 Å². The molecule has 20 heavy (non-hydrogen) atoms. The van der Waals surface area contributed by atoms with E-state index in [-0.39, 0.29) is 0 Å². The van der Waals surface area contributed by atoms with Crippen LogP contribution in [-0.4, -0.2) is 36.0 Å². The molecule has 9 heteroatoms. The summed E-state index contributed by atoms with van der Waals surface area (Å²) in [6, 6.07) is 1.94. The molecule has 0 atom stereocenters. The number of anilines is 1. The first-order chi connectivity index (χ1) is 9.17. The van der Waals surface area contributed by atoms with Gasteiger partial charge in [-0.2, -0.15) is 13.2 Å². The summed E-state index contributed by atoms with van der Waals surface area (Å²) in [4.78, 5) is 0.0827. The topological polar surface area (TPSA) is 49.5 Å². The van der Waals surface area contributed by atoms with Crippen molar-refractivity contribution in [1.29, 1.82) is 0 Å². The van der Waals surface area contributed by atoms with Crippen molar-refractivity contribution in [1.82, 2.24) is 0 Å². The second kappa shape index (κ2) is 6.31. The first-order valence-electron chi connectivity index (χ1n) is 5.37.